The Bertz CT molecular complexity index is 606. The summed E-state index contributed by atoms with van der Waals surface area (Å²) in [5.41, 5.74) is 1.10. The van der Waals surface area contributed by atoms with Gasteiger partial charge in [-0.3, -0.25) is 4.90 Å². The fraction of sp³-hybridized carbons (Fsp3) is 0.312. The number of hydrogen-bond donors (Lipinski definition) is 0. The summed E-state index contributed by atoms with van der Waals surface area (Å²) in [5.74, 6) is 0. The van der Waals surface area contributed by atoms with Crippen LogP contribution < -0.4 is 0 Å². The van der Waals surface area contributed by atoms with E-state index in [1.807, 2.05) is 18.2 Å². The molecule has 1 saturated heterocycles. The van der Waals surface area contributed by atoms with Crippen molar-refractivity contribution in [2.24, 2.45) is 0 Å². The molecule has 2 aromatic rings. The van der Waals surface area contributed by atoms with Gasteiger partial charge in [0.15, 0.2) is 0 Å². The number of hydrogen-bond acceptors (Lipinski definition) is 3. The molecule has 3 heteroatoms. The van der Waals surface area contributed by atoms with Gasteiger partial charge in [-0.2, -0.15) is 5.26 Å². The Morgan fingerprint density at radius 2 is 1.79 bits per heavy atom. The van der Waals surface area contributed by atoms with Crippen LogP contribution in [0.15, 0.2) is 42.5 Å². The van der Waals surface area contributed by atoms with Crippen molar-refractivity contribution >= 4 is 10.8 Å². The number of morpholine rings is 1. The number of rotatable bonds is 2. The zero-order valence-corrected chi connectivity index (χ0v) is 10.7. The summed E-state index contributed by atoms with van der Waals surface area (Å²) in [6.45, 7) is 3.06. The van der Waals surface area contributed by atoms with Crippen molar-refractivity contribution in [3.63, 3.8) is 0 Å². The summed E-state index contributed by atoms with van der Waals surface area (Å²) in [6, 6.07) is 16.7. The molecule has 3 nitrogen and oxygen atoms in total. The summed E-state index contributed by atoms with van der Waals surface area (Å²) in [7, 11) is 0. The second-order valence-corrected chi connectivity index (χ2v) is 4.75. The standard InChI is InChI=1S/C16H16N2O/c17-12-16(18-8-10-19-11-9-18)15-7-3-5-13-4-1-2-6-14(13)15/h1-7,16H,8-11H2/t16-/m1/s1. The Balaban J connectivity index is 2.04. The lowest BCUT2D eigenvalue weighted by Gasteiger charge is -2.31. The summed E-state index contributed by atoms with van der Waals surface area (Å²) in [5, 5.41) is 11.9. The number of benzene rings is 2. The average molecular weight is 252 g/mol. The quantitative estimate of drug-likeness (QED) is 0.824. The minimum Gasteiger partial charge on any atom is -0.379 e. The molecule has 0 bridgehead atoms. The Kier molecular flexibility index (Phi) is 3.45. The molecular weight excluding hydrogens is 236 g/mol. The van der Waals surface area contributed by atoms with Gasteiger partial charge in [0.25, 0.3) is 0 Å². The second kappa shape index (κ2) is 5.40. The van der Waals surface area contributed by atoms with Crippen LogP contribution in [0.25, 0.3) is 10.8 Å². The first kappa shape index (κ1) is 12.2. The van der Waals surface area contributed by atoms with Crippen molar-refractivity contribution in [1.82, 2.24) is 4.90 Å². The largest absolute Gasteiger partial charge is 0.379 e. The smallest absolute Gasteiger partial charge is 0.124 e. The van der Waals surface area contributed by atoms with Crippen LogP contribution in [0.1, 0.15) is 11.6 Å². The molecule has 19 heavy (non-hydrogen) atoms. The van der Waals surface area contributed by atoms with Gasteiger partial charge in [-0.25, -0.2) is 0 Å². The summed E-state index contributed by atoms with van der Waals surface area (Å²) in [4.78, 5) is 2.20. The first-order chi connectivity index (χ1) is 9.40. The topological polar surface area (TPSA) is 36.3 Å². The first-order valence-electron chi connectivity index (χ1n) is 6.59. The van der Waals surface area contributed by atoms with Crippen LogP contribution in [0, 0.1) is 11.3 Å². The van der Waals surface area contributed by atoms with E-state index in [2.05, 4.69) is 35.2 Å². The highest BCUT2D eigenvalue weighted by atomic mass is 16.5. The van der Waals surface area contributed by atoms with E-state index < -0.39 is 0 Å². The van der Waals surface area contributed by atoms with Crippen molar-refractivity contribution in [1.29, 1.82) is 5.26 Å². The SMILES string of the molecule is N#C[C@H](c1cccc2ccccc12)N1CCOCC1. The maximum absolute atomic E-state index is 9.56. The minimum absolute atomic E-state index is 0.185. The van der Waals surface area contributed by atoms with Gasteiger partial charge in [0.1, 0.15) is 6.04 Å². The molecule has 3 rings (SSSR count). The normalized spacial score (nSPS) is 18.1. The zero-order chi connectivity index (χ0) is 13.1. The summed E-state index contributed by atoms with van der Waals surface area (Å²) in [6.07, 6.45) is 0. The third-order valence-corrected chi connectivity index (χ3v) is 3.65. The van der Waals surface area contributed by atoms with E-state index >= 15 is 0 Å². The molecule has 0 amide bonds. The molecule has 0 aromatic heterocycles. The average Bonchev–Trinajstić information content (AvgIpc) is 2.49. The predicted molar refractivity (Wildman–Crippen MR) is 74.7 cm³/mol. The van der Waals surface area contributed by atoms with Crippen LogP contribution >= 0.6 is 0 Å². The Morgan fingerprint density at radius 1 is 1.05 bits per heavy atom. The molecule has 0 unspecified atom stereocenters. The molecule has 96 valence electrons. The molecule has 1 fully saturated rings. The van der Waals surface area contributed by atoms with E-state index in [-0.39, 0.29) is 6.04 Å². The number of fused-ring (bicyclic) bond motifs is 1. The Labute approximate surface area is 113 Å². The first-order valence-corrected chi connectivity index (χ1v) is 6.59. The highest BCUT2D eigenvalue weighted by Crippen LogP contribution is 2.28. The maximum Gasteiger partial charge on any atom is 0.124 e. The van der Waals surface area contributed by atoms with Crippen LogP contribution in [0.5, 0.6) is 0 Å². The van der Waals surface area contributed by atoms with Gasteiger partial charge in [-0.05, 0) is 16.3 Å². The van der Waals surface area contributed by atoms with Gasteiger partial charge >= 0.3 is 0 Å². The van der Waals surface area contributed by atoms with Crippen LogP contribution in [-0.4, -0.2) is 31.2 Å². The Hall–Kier alpha value is -1.89. The maximum atomic E-state index is 9.56. The molecule has 0 radical (unpaired) electrons. The van der Waals surface area contributed by atoms with E-state index in [1.165, 1.54) is 10.8 Å². The zero-order valence-electron chi connectivity index (χ0n) is 10.7. The van der Waals surface area contributed by atoms with Crippen molar-refractivity contribution in [2.75, 3.05) is 26.3 Å². The van der Waals surface area contributed by atoms with Crippen LogP contribution in [0.3, 0.4) is 0 Å². The summed E-state index contributed by atoms with van der Waals surface area (Å²) < 4.78 is 5.37. The van der Waals surface area contributed by atoms with E-state index in [0.29, 0.717) is 13.2 Å². The van der Waals surface area contributed by atoms with Crippen LogP contribution in [0.2, 0.25) is 0 Å². The molecule has 0 aliphatic carbocycles. The lowest BCUT2D eigenvalue weighted by molar-refractivity contribution is 0.0268. The second-order valence-electron chi connectivity index (χ2n) is 4.75. The van der Waals surface area contributed by atoms with E-state index in [4.69, 9.17) is 4.74 Å². The third kappa shape index (κ3) is 2.33. The van der Waals surface area contributed by atoms with Gasteiger partial charge < -0.3 is 4.74 Å². The van der Waals surface area contributed by atoms with Crippen molar-refractivity contribution < 1.29 is 4.74 Å². The number of ether oxygens (including phenoxy) is 1. The van der Waals surface area contributed by atoms with Gasteiger partial charge in [-0.1, -0.05) is 42.5 Å². The lowest BCUT2D eigenvalue weighted by atomic mass is 9.98. The van der Waals surface area contributed by atoms with Crippen molar-refractivity contribution in [3.8, 4) is 6.07 Å². The number of nitriles is 1. The molecular formula is C16H16N2O. The fourth-order valence-electron chi connectivity index (χ4n) is 2.67. The summed E-state index contributed by atoms with van der Waals surface area (Å²) >= 11 is 0. The molecule has 1 aliphatic heterocycles. The van der Waals surface area contributed by atoms with Gasteiger partial charge in [-0.15, -0.1) is 0 Å². The highest BCUT2D eigenvalue weighted by molar-refractivity contribution is 5.86. The Morgan fingerprint density at radius 3 is 2.58 bits per heavy atom. The predicted octanol–water partition coefficient (Wildman–Crippen LogP) is 2.74. The van der Waals surface area contributed by atoms with Crippen molar-refractivity contribution in [3.05, 3.63) is 48.0 Å². The number of nitrogens with zero attached hydrogens (tertiary/aromatic N) is 2. The molecule has 0 N–H and O–H groups in total. The highest BCUT2D eigenvalue weighted by Gasteiger charge is 2.23. The van der Waals surface area contributed by atoms with Gasteiger partial charge in [0.05, 0.1) is 19.3 Å². The van der Waals surface area contributed by atoms with E-state index in [0.717, 1.165) is 18.7 Å². The lowest BCUT2D eigenvalue weighted by Crippen LogP contribution is -2.38. The van der Waals surface area contributed by atoms with Gasteiger partial charge in [0, 0.05) is 13.1 Å². The third-order valence-electron chi connectivity index (χ3n) is 3.65. The van der Waals surface area contributed by atoms with E-state index in [1.54, 1.807) is 0 Å². The molecule has 0 saturated carbocycles. The van der Waals surface area contributed by atoms with Gasteiger partial charge in [0.2, 0.25) is 0 Å². The van der Waals surface area contributed by atoms with Crippen LogP contribution in [0.4, 0.5) is 0 Å². The van der Waals surface area contributed by atoms with Crippen LogP contribution in [-0.2, 0) is 4.74 Å². The fourth-order valence-corrected chi connectivity index (χ4v) is 2.67. The van der Waals surface area contributed by atoms with Crippen molar-refractivity contribution in [2.45, 2.75) is 6.04 Å². The molecule has 2 aromatic carbocycles. The molecule has 1 aliphatic rings. The molecule has 0 spiro atoms. The molecule has 1 atom stereocenters. The molecule has 1 heterocycles. The van der Waals surface area contributed by atoms with E-state index in [9.17, 15) is 5.26 Å². The monoisotopic (exact) mass is 252 g/mol. The minimum atomic E-state index is -0.185.